The van der Waals surface area contributed by atoms with Gasteiger partial charge in [0, 0.05) is 0 Å². The van der Waals surface area contributed by atoms with E-state index in [1.807, 2.05) is 6.92 Å². The number of unbranched alkanes of at least 4 members (excludes halogenated alkanes) is 1. The smallest absolute Gasteiger partial charge is 0.326 e. The third kappa shape index (κ3) is 5.50. The lowest BCUT2D eigenvalue weighted by Gasteiger charge is -2.14. The first-order valence-corrected chi connectivity index (χ1v) is 6.29. The van der Waals surface area contributed by atoms with Gasteiger partial charge in [0.25, 0.3) is 0 Å². The number of nitrogens with one attached hydrogen (secondary N) is 1. The lowest BCUT2D eigenvalue weighted by molar-refractivity contribution is -0.142. The summed E-state index contributed by atoms with van der Waals surface area (Å²) in [4.78, 5) is 22.7. The van der Waals surface area contributed by atoms with Crippen LogP contribution in [0.4, 0.5) is 4.39 Å². The molecule has 0 radical (unpaired) electrons. The van der Waals surface area contributed by atoms with Crippen LogP contribution >= 0.6 is 0 Å². The fourth-order valence-electron chi connectivity index (χ4n) is 1.74. The molecule has 5 heteroatoms. The van der Waals surface area contributed by atoms with Crippen molar-refractivity contribution in [2.75, 3.05) is 0 Å². The zero-order valence-electron chi connectivity index (χ0n) is 10.9. The summed E-state index contributed by atoms with van der Waals surface area (Å²) < 4.78 is 12.9. The lowest BCUT2D eigenvalue weighted by atomic mass is 10.1. The Morgan fingerprint density at radius 2 is 2.16 bits per heavy atom. The topological polar surface area (TPSA) is 66.4 Å². The summed E-state index contributed by atoms with van der Waals surface area (Å²) in [6.45, 7) is 1.95. The molecule has 19 heavy (non-hydrogen) atoms. The molecule has 0 saturated carbocycles. The number of benzene rings is 1. The maximum absolute atomic E-state index is 12.9. The number of carbonyl (C=O) groups is 2. The lowest BCUT2D eigenvalue weighted by Crippen LogP contribution is -2.41. The van der Waals surface area contributed by atoms with Crippen molar-refractivity contribution < 1.29 is 19.1 Å². The van der Waals surface area contributed by atoms with Gasteiger partial charge in [-0.05, 0) is 24.1 Å². The molecule has 0 heterocycles. The number of aliphatic carboxylic acids is 1. The van der Waals surface area contributed by atoms with E-state index >= 15 is 0 Å². The average Bonchev–Trinajstić information content (AvgIpc) is 2.34. The van der Waals surface area contributed by atoms with Crippen molar-refractivity contribution in [3.63, 3.8) is 0 Å². The normalized spacial score (nSPS) is 11.9. The largest absolute Gasteiger partial charge is 0.480 e. The van der Waals surface area contributed by atoms with Gasteiger partial charge in [0.05, 0.1) is 6.42 Å². The summed E-state index contributed by atoms with van der Waals surface area (Å²) in [6, 6.07) is 4.83. The van der Waals surface area contributed by atoms with E-state index in [-0.39, 0.29) is 6.42 Å². The fourth-order valence-corrected chi connectivity index (χ4v) is 1.74. The summed E-state index contributed by atoms with van der Waals surface area (Å²) in [5.74, 6) is -1.86. The van der Waals surface area contributed by atoms with Gasteiger partial charge in [-0.2, -0.15) is 0 Å². The Kier molecular flexibility index (Phi) is 5.99. The predicted molar refractivity (Wildman–Crippen MR) is 69.2 cm³/mol. The molecule has 2 N–H and O–H groups in total. The van der Waals surface area contributed by atoms with Crippen molar-refractivity contribution in [3.8, 4) is 0 Å². The van der Waals surface area contributed by atoms with E-state index < -0.39 is 23.7 Å². The van der Waals surface area contributed by atoms with Crippen molar-refractivity contribution in [2.45, 2.75) is 38.6 Å². The van der Waals surface area contributed by atoms with Crippen LogP contribution in [0.25, 0.3) is 0 Å². The molecule has 1 atom stereocenters. The Morgan fingerprint density at radius 3 is 2.74 bits per heavy atom. The van der Waals surface area contributed by atoms with Gasteiger partial charge in [-0.1, -0.05) is 31.9 Å². The molecule has 1 amide bonds. The van der Waals surface area contributed by atoms with Crippen LogP contribution in [0.1, 0.15) is 31.7 Å². The zero-order valence-corrected chi connectivity index (χ0v) is 10.9. The Morgan fingerprint density at radius 1 is 1.42 bits per heavy atom. The quantitative estimate of drug-likeness (QED) is 0.795. The minimum absolute atomic E-state index is 0.0202. The predicted octanol–water partition coefficient (Wildman–Crippen LogP) is 2.13. The van der Waals surface area contributed by atoms with Crippen LogP contribution in [0.3, 0.4) is 0 Å². The monoisotopic (exact) mass is 267 g/mol. The van der Waals surface area contributed by atoms with Gasteiger partial charge >= 0.3 is 5.97 Å². The number of hydrogen-bond acceptors (Lipinski definition) is 2. The second kappa shape index (κ2) is 7.51. The third-order valence-corrected chi connectivity index (χ3v) is 2.73. The van der Waals surface area contributed by atoms with Crippen molar-refractivity contribution in [1.82, 2.24) is 5.32 Å². The van der Waals surface area contributed by atoms with Gasteiger partial charge in [0.15, 0.2) is 0 Å². The number of halogens is 1. The number of carbonyl (C=O) groups excluding carboxylic acids is 1. The van der Waals surface area contributed by atoms with E-state index in [1.54, 1.807) is 6.07 Å². The molecule has 0 unspecified atom stereocenters. The highest BCUT2D eigenvalue weighted by Crippen LogP contribution is 2.06. The molecule has 0 saturated heterocycles. The molecule has 0 aliphatic carbocycles. The molecule has 0 bridgehead atoms. The maximum Gasteiger partial charge on any atom is 0.326 e. The first-order chi connectivity index (χ1) is 9.02. The number of hydrogen-bond donors (Lipinski definition) is 2. The van der Waals surface area contributed by atoms with E-state index in [2.05, 4.69) is 5.32 Å². The number of carboxylic acids is 1. The second-order valence-corrected chi connectivity index (χ2v) is 4.41. The molecule has 1 aromatic carbocycles. The molecule has 0 spiro atoms. The van der Waals surface area contributed by atoms with Crippen molar-refractivity contribution in [1.29, 1.82) is 0 Å². The summed E-state index contributed by atoms with van der Waals surface area (Å²) in [7, 11) is 0. The van der Waals surface area contributed by atoms with E-state index in [4.69, 9.17) is 5.11 Å². The molecule has 1 rings (SSSR count). The average molecular weight is 267 g/mol. The SMILES string of the molecule is CCCC[C@@H](NC(=O)Cc1cccc(F)c1)C(=O)O. The van der Waals surface area contributed by atoms with Gasteiger partial charge in [0.2, 0.25) is 5.91 Å². The number of amides is 1. The van der Waals surface area contributed by atoms with Gasteiger partial charge in [-0.15, -0.1) is 0 Å². The third-order valence-electron chi connectivity index (χ3n) is 2.73. The summed E-state index contributed by atoms with van der Waals surface area (Å²) in [5, 5.41) is 11.4. The van der Waals surface area contributed by atoms with E-state index in [1.165, 1.54) is 18.2 Å². The Hall–Kier alpha value is -1.91. The number of carboxylic acid groups (broad SMARTS) is 1. The molecular formula is C14H18FNO3. The Labute approximate surface area is 111 Å². The van der Waals surface area contributed by atoms with Crippen molar-refractivity contribution in [3.05, 3.63) is 35.6 Å². The van der Waals surface area contributed by atoms with Gasteiger partial charge < -0.3 is 10.4 Å². The molecule has 0 aliphatic rings. The van der Waals surface area contributed by atoms with Crippen LogP contribution in [0, 0.1) is 5.82 Å². The van der Waals surface area contributed by atoms with Crippen LogP contribution in [0.5, 0.6) is 0 Å². The van der Waals surface area contributed by atoms with E-state index in [0.717, 1.165) is 12.8 Å². The minimum atomic E-state index is -1.04. The molecular weight excluding hydrogens is 249 g/mol. The minimum Gasteiger partial charge on any atom is -0.480 e. The highest BCUT2D eigenvalue weighted by atomic mass is 19.1. The molecule has 0 fully saturated rings. The van der Waals surface area contributed by atoms with Crippen LogP contribution in [-0.2, 0) is 16.0 Å². The Bertz CT molecular complexity index is 448. The highest BCUT2D eigenvalue weighted by molar-refractivity contribution is 5.84. The van der Waals surface area contributed by atoms with E-state index in [0.29, 0.717) is 12.0 Å². The molecule has 0 aromatic heterocycles. The second-order valence-electron chi connectivity index (χ2n) is 4.41. The number of rotatable bonds is 7. The van der Waals surface area contributed by atoms with E-state index in [9.17, 15) is 14.0 Å². The molecule has 104 valence electrons. The van der Waals surface area contributed by atoms with Crippen LogP contribution in [0.2, 0.25) is 0 Å². The Balaban J connectivity index is 2.55. The zero-order chi connectivity index (χ0) is 14.3. The molecule has 1 aromatic rings. The van der Waals surface area contributed by atoms with Crippen LogP contribution in [0.15, 0.2) is 24.3 Å². The first-order valence-electron chi connectivity index (χ1n) is 6.29. The summed E-state index contributed by atoms with van der Waals surface area (Å²) >= 11 is 0. The van der Waals surface area contributed by atoms with Gasteiger partial charge in [-0.3, -0.25) is 4.79 Å². The standard InChI is InChI=1S/C14H18FNO3/c1-2-3-7-12(14(18)19)16-13(17)9-10-5-4-6-11(15)8-10/h4-6,8,12H,2-3,7,9H2,1H3,(H,16,17)(H,18,19)/t12-/m1/s1. The highest BCUT2D eigenvalue weighted by Gasteiger charge is 2.19. The van der Waals surface area contributed by atoms with Crippen molar-refractivity contribution >= 4 is 11.9 Å². The van der Waals surface area contributed by atoms with Crippen LogP contribution in [-0.4, -0.2) is 23.0 Å². The first kappa shape index (κ1) is 15.1. The fraction of sp³-hybridized carbons (Fsp3) is 0.429. The van der Waals surface area contributed by atoms with Crippen molar-refractivity contribution in [2.24, 2.45) is 0 Å². The van der Waals surface area contributed by atoms with Gasteiger partial charge in [-0.25, -0.2) is 9.18 Å². The van der Waals surface area contributed by atoms with Gasteiger partial charge in [0.1, 0.15) is 11.9 Å². The maximum atomic E-state index is 12.9. The molecule has 4 nitrogen and oxygen atoms in total. The summed E-state index contributed by atoms with van der Waals surface area (Å²) in [6.07, 6.45) is 1.98. The summed E-state index contributed by atoms with van der Waals surface area (Å²) in [5.41, 5.74) is 0.525. The molecule has 0 aliphatic heterocycles. The van der Waals surface area contributed by atoms with Crippen LogP contribution < -0.4 is 5.32 Å².